The minimum Gasteiger partial charge on any atom is -0.394 e. The molecule has 0 aliphatic carbocycles. The molecule has 598 valence electrons. The summed E-state index contributed by atoms with van der Waals surface area (Å²) in [7, 11) is 0. The Hall–Kier alpha value is -2.70. The molecule has 9 saturated heterocycles. The maximum Gasteiger partial charge on any atom is 0.217 e. The van der Waals surface area contributed by atoms with Gasteiger partial charge in [0.1, 0.15) is 201 Å². The van der Waals surface area contributed by atoms with Crippen molar-refractivity contribution in [2.45, 2.75) is 311 Å². The highest BCUT2D eigenvalue weighted by atomic mass is 16.8. The largest absolute Gasteiger partial charge is 0.394 e. The van der Waals surface area contributed by atoms with Crippen molar-refractivity contribution in [1.82, 2.24) is 10.6 Å². The number of ether oxygens (including phenoxy) is 17. The average molecular weight is 1510 g/mol. The zero-order valence-corrected chi connectivity index (χ0v) is 55.7. The van der Waals surface area contributed by atoms with E-state index in [0.29, 0.717) is 0 Å². The van der Waals surface area contributed by atoms with Gasteiger partial charge in [0.05, 0.1) is 58.0 Å². The Kier molecular flexibility index (Phi) is 29.5. The van der Waals surface area contributed by atoms with Gasteiger partial charge in [-0.15, -0.1) is 0 Å². The van der Waals surface area contributed by atoms with Crippen LogP contribution >= 0.6 is 0 Å². The van der Waals surface area contributed by atoms with Gasteiger partial charge in [0.15, 0.2) is 56.6 Å². The third kappa shape index (κ3) is 17.9. The number of carbonyl (C=O) groups is 2. The summed E-state index contributed by atoms with van der Waals surface area (Å²) in [6.45, 7) is -1.14. The summed E-state index contributed by atoms with van der Waals surface area (Å²) in [5.74, 6) is -1.99. The Morgan fingerprint density at radius 1 is 0.252 bits per heavy atom. The molecule has 2 amide bonds. The van der Waals surface area contributed by atoms with Crippen LogP contribution < -0.4 is 10.6 Å². The predicted octanol–water partition coefficient (Wildman–Crippen LogP) is -17.3. The summed E-state index contributed by atoms with van der Waals surface area (Å²) < 4.78 is 102. The molecule has 9 heterocycles. The smallest absolute Gasteiger partial charge is 0.217 e. The highest BCUT2D eigenvalue weighted by Gasteiger charge is 2.62. The number of carbonyl (C=O) groups excluding carboxylic acids is 2. The van der Waals surface area contributed by atoms with Crippen molar-refractivity contribution < 1.29 is 213 Å². The standard InChI is InChI=1S/C58H98N2O43/c1-12-25(69)31(75)37(81)53(87-12)97-44-22(11-66)95-52(24(60-16(5)68)46(44)100-58-49(34(78)28(72)17(6-61)93-58)103-55-39(83)33(77)27(71)14(3)89-55)102-48-30(74)19(8-63)92-57(41(48)85)98-43-21(10-65)94-51(23(59-15(4)67)45(43)99-54-38(82)32(76)26(70)13(2)88-54)101-47-29(73)18(7-62)91-56(40(47)84)96-42-20(9-64)90-50(86)36(80)35(42)79/h12-14,17-58,61-66,69-86H,6-11H2,1-5H3,(H,59,67)(H,60,68)/t12-,13-,14-,17+,18+,19+,20+,21+,22+,23+,24+,25+,26+,27+,28-,29-,30-,31+,32+,33+,34-,35+,36+,37-,38-,39-,40+,41+,42+,43+,44+,45+,46+,47-,48-,49+,50?,51-,52-,53-,54-,55-,56-,57-,58-/m0/s1. The molecule has 0 spiro atoms. The van der Waals surface area contributed by atoms with E-state index in [1.807, 2.05) is 0 Å². The van der Waals surface area contributed by atoms with Gasteiger partial charge in [-0.1, -0.05) is 0 Å². The Balaban J connectivity index is 1.07. The topological polar surface area (TPSA) is 701 Å². The second-order valence-corrected chi connectivity index (χ2v) is 26.6. The highest BCUT2D eigenvalue weighted by molar-refractivity contribution is 5.73. The summed E-state index contributed by atoms with van der Waals surface area (Å²) in [6, 6.07) is -4.05. The van der Waals surface area contributed by atoms with Crippen molar-refractivity contribution in [2.75, 3.05) is 39.6 Å². The Morgan fingerprint density at radius 3 is 0.883 bits per heavy atom. The molecule has 0 saturated carbocycles. The van der Waals surface area contributed by atoms with E-state index >= 15 is 0 Å². The first-order valence-corrected chi connectivity index (χ1v) is 33.2. The molecule has 45 nitrogen and oxygen atoms in total. The van der Waals surface area contributed by atoms with Crippen molar-refractivity contribution in [2.24, 2.45) is 0 Å². The molecule has 45 heteroatoms. The maximum atomic E-state index is 13.6. The Morgan fingerprint density at radius 2 is 0.524 bits per heavy atom. The second kappa shape index (κ2) is 36.0. The second-order valence-electron chi connectivity index (χ2n) is 26.6. The normalized spacial score (nSPS) is 52.3. The van der Waals surface area contributed by atoms with E-state index in [0.717, 1.165) is 13.8 Å². The number of amides is 2. The summed E-state index contributed by atoms with van der Waals surface area (Å²) in [5, 5.41) is 270. The minimum atomic E-state index is -2.50. The van der Waals surface area contributed by atoms with Crippen LogP contribution in [0.2, 0.25) is 0 Å². The van der Waals surface area contributed by atoms with Gasteiger partial charge in [0.25, 0.3) is 0 Å². The van der Waals surface area contributed by atoms with E-state index in [2.05, 4.69) is 10.6 Å². The lowest BCUT2D eigenvalue weighted by Crippen LogP contribution is -2.72. The van der Waals surface area contributed by atoms with Crippen LogP contribution in [-0.4, -0.2) is 450 Å². The zero-order valence-electron chi connectivity index (χ0n) is 55.7. The third-order valence-corrected chi connectivity index (χ3v) is 19.5. The zero-order chi connectivity index (χ0) is 75.8. The molecular weight excluding hydrogens is 1410 g/mol. The number of aliphatic hydroxyl groups is 24. The van der Waals surface area contributed by atoms with Crippen LogP contribution in [0.1, 0.15) is 34.6 Å². The van der Waals surface area contributed by atoms with Crippen molar-refractivity contribution in [3.8, 4) is 0 Å². The van der Waals surface area contributed by atoms with E-state index in [9.17, 15) is 132 Å². The molecule has 9 rings (SSSR count). The van der Waals surface area contributed by atoms with Crippen molar-refractivity contribution >= 4 is 11.8 Å². The Labute approximate surface area is 584 Å². The number of hydrogen-bond donors (Lipinski definition) is 26. The van der Waals surface area contributed by atoms with Gasteiger partial charge in [-0.2, -0.15) is 0 Å². The number of rotatable bonds is 24. The van der Waals surface area contributed by atoms with Crippen molar-refractivity contribution in [3.05, 3.63) is 0 Å². The van der Waals surface area contributed by atoms with Gasteiger partial charge in [-0.3, -0.25) is 9.59 Å². The van der Waals surface area contributed by atoms with Gasteiger partial charge in [0, 0.05) is 13.8 Å². The van der Waals surface area contributed by atoms with Crippen LogP contribution in [0, 0.1) is 0 Å². The van der Waals surface area contributed by atoms with E-state index in [4.69, 9.17) is 80.5 Å². The molecule has 103 heavy (non-hydrogen) atoms. The van der Waals surface area contributed by atoms with Gasteiger partial charge in [-0.25, -0.2) is 0 Å². The lowest BCUT2D eigenvalue weighted by Gasteiger charge is -2.53. The van der Waals surface area contributed by atoms with E-state index in [1.165, 1.54) is 20.8 Å². The molecule has 0 aromatic heterocycles. The fourth-order valence-electron chi connectivity index (χ4n) is 13.6. The SMILES string of the molecule is CC(=O)N[C@H]1[C@H](O[C@H]2[C@@H](O)[C@@H](CO)O[C@@H](O[C@H]3[C@H](O[C@@H]4O[C@@H](C)[C@@H](O)[C@@H](O)[C@@H]4O)[C@@H](NC(C)=O)[C@H](O[C@H]4[C@@H](O)[C@@H](CO)O[C@@H](O[C@H]5[C@H](O)[C@@H](O)C(O)O[C@@H]5CO)[C@@H]4O)O[C@@H]3CO)[C@@H]2O)O[C@H](CO)[C@@H](O[C@@H]2O[C@@H](C)[C@@H](O)[C@@H](O)[C@@H]2O)[C@@H]1O[C@@H]1O[C@H](CO)[C@H](O)[C@H](O)[C@H]1O[C@@H]1O[C@@H](C)[C@@H](O)[C@@H](O)[C@@H]1O. The lowest BCUT2D eigenvalue weighted by atomic mass is 9.93. The minimum absolute atomic E-state index is 0.929. The maximum absolute atomic E-state index is 13.6. The predicted molar refractivity (Wildman–Crippen MR) is 316 cm³/mol. The molecule has 26 N–H and O–H groups in total. The van der Waals surface area contributed by atoms with E-state index < -0.39 is 328 Å². The molecule has 0 bridgehead atoms. The molecule has 9 aliphatic rings. The van der Waals surface area contributed by atoms with Gasteiger partial charge < -0.3 is 214 Å². The van der Waals surface area contributed by atoms with Gasteiger partial charge >= 0.3 is 0 Å². The lowest BCUT2D eigenvalue weighted by molar-refractivity contribution is -0.404. The monoisotopic (exact) mass is 1510 g/mol. The molecule has 0 aromatic carbocycles. The fourth-order valence-corrected chi connectivity index (χ4v) is 13.6. The molecular formula is C58H98N2O43. The quantitative estimate of drug-likeness (QED) is 0.0427. The number of nitrogens with one attached hydrogen (secondary N) is 2. The highest BCUT2D eigenvalue weighted by Crippen LogP contribution is 2.41. The first-order chi connectivity index (χ1) is 48.6. The van der Waals surface area contributed by atoms with Crippen LogP contribution in [-0.2, 0) is 90.1 Å². The summed E-state index contributed by atoms with van der Waals surface area (Å²) in [4.78, 5) is 27.0. The summed E-state index contributed by atoms with van der Waals surface area (Å²) in [5.41, 5.74) is 0. The van der Waals surface area contributed by atoms with Gasteiger partial charge in [0.2, 0.25) is 11.8 Å². The third-order valence-electron chi connectivity index (χ3n) is 19.5. The van der Waals surface area contributed by atoms with Crippen LogP contribution in [0.15, 0.2) is 0 Å². The van der Waals surface area contributed by atoms with E-state index in [1.54, 1.807) is 0 Å². The first-order valence-electron chi connectivity index (χ1n) is 33.2. The van der Waals surface area contributed by atoms with Gasteiger partial charge in [-0.05, 0) is 20.8 Å². The van der Waals surface area contributed by atoms with Crippen LogP contribution in [0.25, 0.3) is 0 Å². The number of aliphatic hydroxyl groups excluding tert-OH is 24. The molecule has 9 fully saturated rings. The first kappa shape index (κ1) is 84.3. The summed E-state index contributed by atoms with van der Waals surface area (Å²) >= 11 is 0. The fraction of sp³-hybridized carbons (Fsp3) is 0.966. The van der Waals surface area contributed by atoms with Crippen LogP contribution in [0.4, 0.5) is 0 Å². The van der Waals surface area contributed by atoms with Crippen molar-refractivity contribution in [1.29, 1.82) is 0 Å². The average Bonchev–Trinajstić information content (AvgIpc) is 0.760. The van der Waals surface area contributed by atoms with E-state index in [-0.39, 0.29) is 0 Å². The van der Waals surface area contributed by atoms with Crippen LogP contribution in [0.5, 0.6) is 0 Å². The summed E-state index contributed by atoms with van der Waals surface area (Å²) in [6.07, 6.45) is -86.4. The molecule has 9 aliphatic heterocycles. The molecule has 1 unspecified atom stereocenters. The molecule has 45 atom stereocenters. The van der Waals surface area contributed by atoms with Crippen LogP contribution in [0.3, 0.4) is 0 Å². The van der Waals surface area contributed by atoms with Crippen molar-refractivity contribution in [3.63, 3.8) is 0 Å². The molecule has 0 aromatic rings. The Bertz CT molecular complexity index is 2660. The number of hydrogen-bond acceptors (Lipinski definition) is 43. The molecule has 0 radical (unpaired) electrons.